The van der Waals surface area contributed by atoms with Crippen molar-refractivity contribution in [3.05, 3.63) is 40.5 Å². The van der Waals surface area contributed by atoms with Gasteiger partial charge in [-0.1, -0.05) is 6.07 Å². The summed E-state index contributed by atoms with van der Waals surface area (Å²) >= 11 is 0.977. The molecule has 0 fully saturated rings. The van der Waals surface area contributed by atoms with Crippen molar-refractivity contribution < 1.29 is 23.3 Å². The molecule has 0 saturated carbocycles. The molecule has 1 atom stereocenters. The number of aromatic nitrogens is 3. The van der Waals surface area contributed by atoms with Gasteiger partial charge in [0.05, 0.1) is 42.0 Å². The maximum atomic E-state index is 12.5. The van der Waals surface area contributed by atoms with Crippen LogP contribution in [-0.4, -0.2) is 45.3 Å². The number of esters is 2. The van der Waals surface area contributed by atoms with Crippen LogP contribution < -0.4 is 0 Å². The Morgan fingerprint density at radius 1 is 1.24 bits per heavy atom. The van der Waals surface area contributed by atoms with Gasteiger partial charge in [-0.15, -0.1) is 11.3 Å². The molecule has 0 aliphatic heterocycles. The number of nitrogens with zero attached hydrogens (tertiary/aromatic N) is 2. The van der Waals surface area contributed by atoms with E-state index in [-0.39, 0.29) is 21.3 Å². The van der Waals surface area contributed by atoms with Crippen LogP contribution in [0.5, 0.6) is 0 Å². The number of carbonyl (C=O) groups is 2. The van der Waals surface area contributed by atoms with Gasteiger partial charge < -0.3 is 14.5 Å². The highest BCUT2D eigenvalue weighted by molar-refractivity contribution is 7.84. The van der Waals surface area contributed by atoms with Gasteiger partial charge in [0.15, 0.2) is 5.16 Å². The largest absolute Gasteiger partial charge is 0.465 e. The summed E-state index contributed by atoms with van der Waals surface area (Å²) in [6.07, 6.45) is 1.62. The van der Waals surface area contributed by atoms with Gasteiger partial charge in [-0.3, -0.25) is 9.19 Å². The molecule has 3 heterocycles. The fraction of sp³-hybridized carbons (Fsp3) is 0.200. The van der Waals surface area contributed by atoms with Crippen LogP contribution in [0.25, 0.3) is 10.3 Å². The highest BCUT2D eigenvalue weighted by Crippen LogP contribution is 2.31. The second kappa shape index (κ2) is 7.11. The summed E-state index contributed by atoms with van der Waals surface area (Å²) in [7, 11) is 0.953. The molecule has 1 N–H and O–H groups in total. The van der Waals surface area contributed by atoms with Gasteiger partial charge in [-0.2, -0.15) is 0 Å². The topological polar surface area (TPSA) is 111 Å². The molecule has 0 aliphatic rings. The summed E-state index contributed by atoms with van der Waals surface area (Å²) in [6.45, 7) is 0. The molecule has 8 nitrogen and oxygen atoms in total. The molecule has 3 aromatic heterocycles. The van der Waals surface area contributed by atoms with E-state index in [1.165, 1.54) is 14.2 Å². The zero-order chi connectivity index (χ0) is 18.0. The number of fused-ring (bicyclic) bond motifs is 1. The van der Waals surface area contributed by atoms with Crippen LogP contribution in [-0.2, 0) is 26.0 Å². The molecule has 25 heavy (non-hydrogen) atoms. The Balaban J connectivity index is 2.00. The van der Waals surface area contributed by atoms with Crippen molar-refractivity contribution in [2.45, 2.75) is 10.9 Å². The summed E-state index contributed by atoms with van der Waals surface area (Å²) in [5.41, 5.74) is 0.994. The Labute approximate surface area is 148 Å². The van der Waals surface area contributed by atoms with E-state index in [0.717, 1.165) is 11.3 Å². The summed E-state index contributed by atoms with van der Waals surface area (Å²) < 4.78 is 21.9. The minimum absolute atomic E-state index is 0.0305. The third-order valence-electron chi connectivity index (χ3n) is 3.31. The fourth-order valence-corrected chi connectivity index (χ4v) is 4.25. The average molecular weight is 379 g/mol. The van der Waals surface area contributed by atoms with Gasteiger partial charge in [-0.05, 0) is 12.1 Å². The van der Waals surface area contributed by atoms with Crippen molar-refractivity contribution in [3.63, 3.8) is 0 Å². The Kier molecular flexibility index (Phi) is 4.91. The minimum atomic E-state index is -1.48. The van der Waals surface area contributed by atoms with Gasteiger partial charge in [-0.25, -0.2) is 14.6 Å². The first-order valence-electron chi connectivity index (χ1n) is 7.02. The number of nitrogens with one attached hydrogen (secondary N) is 1. The van der Waals surface area contributed by atoms with Crippen LogP contribution in [0, 0.1) is 0 Å². The van der Waals surface area contributed by atoms with E-state index in [4.69, 9.17) is 4.74 Å². The van der Waals surface area contributed by atoms with E-state index >= 15 is 0 Å². The quantitative estimate of drug-likeness (QED) is 0.674. The van der Waals surface area contributed by atoms with Crippen molar-refractivity contribution in [1.82, 2.24) is 15.0 Å². The number of imidazole rings is 1. The number of methoxy groups -OCH3 is 2. The van der Waals surface area contributed by atoms with Gasteiger partial charge in [0.25, 0.3) is 0 Å². The van der Waals surface area contributed by atoms with E-state index in [1.54, 1.807) is 24.4 Å². The smallest absolute Gasteiger partial charge is 0.349 e. The first-order chi connectivity index (χ1) is 12.0. The summed E-state index contributed by atoms with van der Waals surface area (Å²) in [5, 5.41) is 0.202. The van der Waals surface area contributed by atoms with Gasteiger partial charge in [0.1, 0.15) is 15.3 Å². The number of hydrogen-bond donors (Lipinski definition) is 1. The number of thiophene rings is 1. The van der Waals surface area contributed by atoms with Crippen molar-refractivity contribution in [2.75, 3.05) is 14.2 Å². The minimum Gasteiger partial charge on any atom is -0.465 e. The second-order valence-electron chi connectivity index (χ2n) is 4.82. The van der Waals surface area contributed by atoms with Crippen molar-refractivity contribution in [1.29, 1.82) is 0 Å². The van der Waals surface area contributed by atoms with Crippen LogP contribution in [0.15, 0.2) is 29.6 Å². The van der Waals surface area contributed by atoms with E-state index in [2.05, 4.69) is 19.7 Å². The van der Waals surface area contributed by atoms with E-state index in [9.17, 15) is 13.8 Å². The number of carbonyl (C=O) groups excluding carboxylic acids is 2. The highest BCUT2D eigenvalue weighted by Gasteiger charge is 2.28. The lowest BCUT2D eigenvalue weighted by Gasteiger charge is -2.01. The Bertz CT molecular complexity index is 964. The molecule has 10 heteroatoms. The monoisotopic (exact) mass is 379 g/mol. The predicted octanol–water partition coefficient (Wildman–Crippen LogP) is 1.90. The molecule has 3 rings (SSSR count). The molecular formula is C15H13N3O5S2. The molecule has 3 aromatic rings. The summed E-state index contributed by atoms with van der Waals surface area (Å²) in [6, 6.07) is 5.34. The van der Waals surface area contributed by atoms with Crippen molar-refractivity contribution in [3.8, 4) is 0 Å². The van der Waals surface area contributed by atoms with E-state index < -0.39 is 22.7 Å². The predicted molar refractivity (Wildman–Crippen MR) is 91.0 cm³/mol. The molecular weight excluding hydrogens is 366 g/mol. The Morgan fingerprint density at radius 2 is 2.00 bits per heavy atom. The third kappa shape index (κ3) is 3.30. The lowest BCUT2D eigenvalue weighted by molar-refractivity contribution is 0.0561. The zero-order valence-electron chi connectivity index (χ0n) is 13.3. The number of hydrogen-bond acceptors (Lipinski definition) is 8. The van der Waals surface area contributed by atoms with Crippen LogP contribution >= 0.6 is 11.3 Å². The van der Waals surface area contributed by atoms with Crippen LogP contribution in [0.1, 0.15) is 25.7 Å². The molecule has 0 radical (unpaired) electrons. The second-order valence-corrected chi connectivity index (χ2v) is 7.19. The van der Waals surface area contributed by atoms with Crippen LogP contribution in [0.2, 0.25) is 0 Å². The molecule has 0 bridgehead atoms. The number of H-pyrrole nitrogens is 1. The lowest BCUT2D eigenvalue weighted by atomic mass is 10.2. The van der Waals surface area contributed by atoms with Crippen LogP contribution in [0.3, 0.4) is 0 Å². The average Bonchev–Trinajstić information content (AvgIpc) is 3.19. The SMILES string of the molecule is COC(=O)c1sc2nc(S(=O)Cc3ccccn3)[nH]c2c1C(=O)OC. The molecule has 1 unspecified atom stereocenters. The fourth-order valence-electron chi connectivity index (χ4n) is 2.17. The normalized spacial score (nSPS) is 12.1. The molecule has 0 spiro atoms. The molecule has 0 saturated heterocycles. The maximum absolute atomic E-state index is 12.5. The number of pyridine rings is 1. The number of aromatic amines is 1. The summed E-state index contributed by atoms with van der Waals surface area (Å²) in [5.74, 6) is -1.18. The molecule has 0 aromatic carbocycles. The standard InChI is InChI=1S/C15H13N3O5S2/c1-22-13(19)9-10-12(24-11(9)14(20)23-2)18-15(17-10)25(21)7-8-5-3-4-6-16-8/h3-6H,7H2,1-2H3,(H,17,18). The van der Waals surface area contributed by atoms with Gasteiger partial charge in [0.2, 0.25) is 0 Å². The highest BCUT2D eigenvalue weighted by atomic mass is 32.2. The Morgan fingerprint density at radius 3 is 2.64 bits per heavy atom. The van der Waals surface area contributed by atoms with E-state index in [0.29, 0.717) is 16.0 Å². The zero-order valence-corrected chi connectivity index (χ0v) is 14.9. The summed E-state index contributed by atoms with van der Waals surface area (Å²) in [4.78, 5) is 35.6. The van der Waals surface area contributed by atoms with E-state index in [1.807, 2.05) is 0 Å². The first-order valence-corrected chi connectivity index (χ1v) is 9.16. The Hall–Kier alpha value is -2.59. The lowest BCUT2D eigenvalue weighted by Crippen LogP contribution is -2.09. The maximum Gasteiger partial charge on any atom is 0.349 e. The van der Waals surface area contributed by atoms with Gasteiger partial charge in [0, 0.05) is 6.20 Å². The van der Waals surface area contributed by atoms with Gasteiger partial charge >= 0.3 is 11.9 Å². The van der Waals surface area contributed by atoms with Crippen molar-refractivity contribution in [2.24, 2.45) is 0 Å². The first kappa shape index (κ1) is 17.2. The number of ether oxygens (including phenoxy) is 2. The molecule has 0 amide bonds. The molecule has 0 aliphatic carbocycles. The van der Waals surface area contributed by atoms with Crippen molar-refractivity contribution >= 4 is 44.4 Å². The molecule has 130 valence electrons. The number of rotatable bonds is 5. The van der Waals surface area contributed by atoms with Crippen LogP contribution in [0.4, 0.5) is 0 Å². The third-order valence-corrected chi connectivity index (χ3v) is 5.55.